The molecule has 2 heterocycles. The molecule has 11 atom stereocenters. The number of thioether (sulfide) groups is 1. The summed E-state index contributed by atoms with van der Waals surface area (Å²) in [7, 11) is 1.60. The lowest BCUT2D eigenvalue weighted by Gasteiger charge is -2.61. The number of likely N-dealkylation sites (N-methyl/N-ethyl adjacent to an activating group) is 1. The predicted molar refractivity (Wildman–Crippen MR) is 323 cm³/mol. The molecule has 1 aliphatic heterocycles. The summed E-state index contributed by atoms with van der Waals surface area (Å²) in [4.78, 5) is 89.8. The maximum atomic E-state index is 14.0. The van der Waals surface area contributed by atoms with Crippen molar-refractivity contribution in [2.24, 2.45) is 51.3 Å². The molecule has 18 nitrogen and oxygen atoms in total. The second-order valence-electron chi connectivity index (χ2n) is 25.9. The van der Waals surface area contributed by atoms with E-state index >= 15 is 0 Å². The summed E-state index contributed by atoms with van der Waals surface area (Å²) in [5, 5.41) is 59.0. The number of phenolic OH excluding ortho intramolecular Hbond substituents is 2. The first-order valence-corrected chi connectivity index (χ1v) is 31.8. The van der Waals surface area contributed by atoms with Gasteiger partial charge in [0.2, 0.25) is 17.7 Å². The highest BCUT2D eigenvalue weighted by molar-refractivity contribution is 8.15. The molecule has 0 radical (unpaired) electrons. The lowest BCUT2D eigenvalue weighted by Crippen LogP contribution is -2.54. The summed E-state index contributed by atoms with van der Waals surface area (Å²) in [6.07, 6.45) is 11.9. The van der Waals surface area contributed by atoms with Gasteiger partial charge >= 0.3 is 18.0 Å². The number of thiazole rings is 1. The van der Waals surface area contributed by atoms with Gasteiger partial charge in [0.1, 0.15) is 33.3 Å². The average Bonchev–Trinajstić information content (AvgIpc) is 2.08. The number of ether oxygens (including phenoxy) is 1. The van der Waals surface area contributed by atoms with Crippen LogP contribution in [0.15, 0.2) is 23.2 Å². The van der Waals surface area contributed by atoms with E-state index in [9.17, 15) is 54.3 Å². The highest BCUT2D eigenvalue weighted by Crippen LogP contribution is 2.68. The third kappa shape index (κ3) is 14.0. The summed E-state index contributed by atoms with van der Waals surface area (Å²) >= 11 is 2.61. The molecule has 0 saturated heterocycles. The lowest BCUT2D eigenvalue weighted by molar-refractivity contribution is -0.142. The number of carbonyl (C=O) groups excluding carboxylic acids is 4. The van der Waals surface area contributed by atoms with Gasteiger partial charge in [-0.25, -0.2) is 19.4 Å². The maximum absolute atomic E-state index is 14.0. The molecule has 4 saturated carbocycles. The van der Waals surface area contributed by atoms with Crippen LogP contribution in [-0.2, 0) is 29.4 Å². The molecule has 83 heavy (non-hydrogen) atoms. The predicted octanol–water partition coefficient (Wildman–Crippen LogP) is 8.48. The van der Waals surface area contributed by atoms with Gasteiger partial charge in [0.15, 0.2) is 6.04 Å². The van der Waals surface area contributed by atoms with Crippen molar-refractivity contribution in [2.45, 2.75) is 174 Å². The number of aliphatic carboxylic acids is 2. The molecule has 0 spiro atoms. The molecule has 454 valence electrons. The molecule has 2 unspecified atom stereocenters. The highest BCUT2D eigenvalue weighted by atomic mass is 32.2. The van der Waals surface area contributed by atoms with Crippen molar-refractivity contribution in [3.8, 4) is 17.2 Å². The Morgan fingerprint density at radius 3 is 2.34 bits per heavy atom. The van der Waals surface area contributed by atoms with Crippen LogP contribution in [0.4, 0.5) is 4.79 Å². The largest absolute Gasteiger partial charge is 0.507 e. The number of rotatable bonds is 24. The number of amides is 4. The smallest absolute Gasteiger partial charge is 0.415 e. The zero-order valence-corrected chi connectivity index (χ0v) is 51.2. The minimum Gasteiger partial charge on any atom is -0.507 e. The van der Waals surface area contributed by atoms with Crippen molar-refractivity contribution in [3.05, 3.63) is 44.8 Å². The van der Waals surface area contributed by atoms with Crippen LogP contribution in [0.2, 0.25) is 0 Å². The molecule has 1 aromatic heterocycles. The highest BCUT2D eigenvalue weighted by Gasteiger charge is 2.60. The molecule has 7 N–H and O–H groups in total. The van der Waals surface area contributed by atoms with Gasteiger partial charge < -0.3 is 50.7 Å². The number of phenols is 2. The van der Waals surface area contributed by atoms with Crippen molar-refractivity contribution in [1.82, 2.24) is 25.4 Å². The Kier molecular flexibility index (Phi) is 20.0. The molecule has 3 aromatic rings. The van der Waals surface area contributed by atoms with E-state index in [-0.39, 0.29) is 115 Å². The number of benzene rings is 2. The monoisotopic (exact) mass is 1180 g/mol. The fourth-order valence-corrected chi connectivity index (χ4v) is 17.4. The van der Waals surface area contributed by atoms with Crippen molar-refractivity contribution < 1.29 is 59.0 Å². The van der Waals surface area contributed by atoms with Crippen molar-refractivity contribution in [1.29, 1.82) is 0 Å². The molecule has 20 heteroatoms. The fourth-order valence-electron chi connectivity index (χ4n) is 15.3. The average molecular weight is 1190 g/mol. The van der Waals surface area contributed by atoms with E-state index in [1.165, 1.54) is 71.4 Å². The van der Waals surface area contributed by atoms with Crippen LogP contribution in [0, 0.1) is 53.3 Å². The van der Waals surface area contributed by atoms with Crippen molar-refractivity contribution in [2.75, 3.05) is 39.0 Å². The molecule has 4 fully saturated rings. The third-order valence-corrected chi connectivity index (χ3v) is 22.4. The van der Waals surface area contributed by atoms with Gasteiger partial charge in [0.25, 0.3) is 0 Å². The molecule has 8 rings (SSSR count). The van der Waals surface area contributed by atoms with Gasteiger partial charge in [0.05, 0.1) is 16.3 Å². The van der Waals surface area contributed by atoms with Crippen LogP contribution in [0.5, 0.6) is 17.2 Å². The third-order valence-electron chi connectivity index (χ3n) is 20.2. The Morgan fingerprint density at radius 1 is 0.880 bits per heavy atom. The molecule has 4 aliphatic carbocycles. The van der Waals surface area contributed by atoms with Crippen LogP contribution in [0.25, 0.3) is 23.4 Å². The second kappa shape index (κ2) is 26.3. The second-order valence-corrected chi connectivity index (χ2v) is 27.9. The first-order chi connectivity index (χ1) is 39.2. The first-order valence-electron chi connectivity index (χ1n) is 30.0. The van der Waals surface area contributed by atoms with E-state index in [2.05, 4.69) is 54.5 Å². The van der Waals surface area contributed by atoms with Crippen molar-refractivity contribution >= 4 is 87.3 Å². The summed E-state index contributed by atoms with van der Waals surface area (Å²) < 4.78 is 6.57. The number of carboxylic acid groups (broad SMARTS) is 2. The van der Waals surface area contributed by atoms with E-state index in [0.29, 0.717) is 85.5 Å². The van der Waals surface area contributed by atoms with E-state index < -0.39 is 35.5 Å². The number of aliphatic hydroxyl groups is 1. The molecule has 2 aromatic carbocycles. The number of aromatic nitrogens is 1. The molecule has 4 amide bonds. The van der Waals surface area contributed by atoms with E-state index in [0.717, 1.165) is 31.1 Å². The van der Waals surface area contributed by atoms with Crippen molar-refractivity contribution in [3.63, 3.8) is 0 Å². The van der Waals surface area contributed by atoms with Crippen LogP contribution in [0.3, 0.4) is 0 Å². The Labute approximate surface area is 496 Å². The summed E-state index contributed by atoms with van der Waals surface area (Å²) in [6.45, 7) is 20.8. The quantitative estimate of drug-likeness (QED) is 0.0328. The van der Waals surface area contributed by atoms with Crippen LogP contribution < -0.4 is 25.8 Å². The van der Waals surface area contributed by atoms with Gasteiger partial charge in [-0.1, -0.05) is 47.8 Å². The number of nitrogens with one attached hydrogen (secondary N) is 2. The van der Waals surface area contributed by atoms with Crippen LogP contribution >= 0.6 is 23.1 Å². The number of hydrogen-bond acceptors (Lipinski definition) is 14. The number of nitrogens with zero attached hydrogens (tertiary/aromatic N) is 4. The number of aliphatic hydroxyl groups excluding tert-OH is 1. The van der Waals surface area contributed by atoms with Gasteiger partial charge in [-0.05, 0) is 155 Å². The van der Waals surface area contributed by atoms with Gasteiger partial charge in [0, 0.05) is 91.3 Å². The zero-order valence-electron chi connectivity index (χ0n) is 49.6. The Morgan fingerprint density at radius 2 is 1.61 bits per heavy atom. The Bertz CT molecular complexity index is 3080. The number of hydrogen-bond donors (Lipinski definition) is 7. The SMILES string of the molecule is C=c1c(C)c(O)c(=C)c(C(C)(C)CC(=O)N(C)CCN(CCCC(=O)NCCCCC(NC(=O)CC[C@@H](C)[C@H]2CC[C@H]3[C@@H]4CC[C@@H]5C[C@H](O)CC[C@]5(C)[C@H]4CC[C@]23C)C(=O)O)C(=O)Oc2ccc3nc(C4=NC(C(=O)O)CS4)sc3c2)c1O. The number of fused-ring (bicyclic) bond motifs is 6. The lowest BCUT2D eigenvalue weighted by atomic mass is 9.44. The van der Waals surface area contributed by atoms with Gasteiger partial charge in [-0.3, -0.25) is 19.4 Å². The maximum Gasteiger partial charge on any atom is 0.415 e. The van der Waals surface area contributed by atoms with E-state index in [1.807, 2.05) is 0 Å². The molecule has 5 aliphatic rings. The van der Waals surface area contributed by atoms with E-state index in [4.69, 9.17) is 4.74 Å². The minimum absolute atomic E-state index is 0.0351. The fraction of sp³-hybridized carbons (Fsp3) is 0.651. The minimum atomic E-state index is -1.09. The molecule has 0 bridgehead atoms. The standard InChI is InChI=1S/C63H88N6O12S2/c1-35(43-19-20-44-42-18-16-39-31-40(70)23-25-62(39,7)45(42)24-26-63(43,44)8)15-22-51(72)65-47(58(76)77)13-10-11-27-64-50(71)14-12-28-69(30-29-68(9)52(73)33-61(5,6)53-38(4)54(74)36(2)37(3)55(53)75)60(80)81-41-17-21-46-49(32-41)83-57(66-46)56-67-48(34-82-56)59(78)79/h17,21,32,35,39-40,42-45,47-48,70,74-75H,3-4,10-16,18-20,22-31,33-34H2,1-2,5-9H3,(H,64,71)(H,65,72)(H,76,77)(H,78,79)/t35-,39-,40-,42+,43-,44+,45+,47?,48?,62+,63-/m1/s1. The molecular formula is C63H88N6O12S2. The topological polar surface area (TPSA) is 269 Å². The van der Waals surface area contributed by atoms with Crippen LogP contribution in [0.1, 0.15) is 160 Å². The number of aliphatic imine (C=N–C) groups is 1. The first kappa shape index (κ1) is 63.3. The van der Waals surface area contributed by atoms with E-state index in [1.54, 1.807) is 46.0 Å². The number of carboxylic acids is 2. The Balaban J connectivity index is 0.798. The Hall–Kier alpha value is -5.73. The summed E-state index contributed by atoms with van der Waals surface area (Å²) in [5.74, 6) is 1.03. The number of carbonyl (C=O) groups is 6. The number of unbranched alkanes of at least 4 members (excludes halogenated alkanes) is 1. The molecular weight excluding hydrogens is 1100 g/mol. The summed E-state index contributed by atoms with van der Waals surface area (Å²) in [6, 6.07) is 3.07. The number of aromatic hydroxyl groups is 2. The summed E-state index contributed by atoms with van der Waals surface area (Å²) in [5.41, 5.74) is 0.922. The zero-order chi connectivity index (χ0) is 60.3. The van der Waals surface area contributed by atoms with Crippen LogP contribution in [-0.4, -0.2) is 138 Å². The van der Waals surface area contributed by atoms with Gasteiger partial charge in [-0.15, -0.1) is 23.1 Å². The van der Waals surface area contributed by atoms with Gasteiger partial charge in [-0.2, -0.15) is 0 Å². The normalized spacial score (nSPS) is 26.4.